The lowest BCUT2D eigenvalue weighted by molar-refractivity contribution is -0.145. The molecule has 1 aliphatic heterocycles. The molecule has 0 aromatic rings. The lowest BCUT2D eigenvalue weighted by atomic mass is 9.68. The van der Waals surface area contributed by atoms with Crippen molar-refractivity contribution >= 4 is 5.97 Å². The summed E-state index contributed by atoms with van der Waals surface area (Å²) in [4.78, 5) is 11.6. The van der Waals surface area contributed by atoms with Crippen molar-refractivity contribution < 1.29 is 19.0 Å². The van der Waals surface area contributed by atoms with Crippen molar-refractivity contribution in [2.45, 2.75) is 71.2 Å². The molecule has 0 aromatic carbocycles. The number of carbonyl (C=O) groups excluding carboxylic acids is 1. The first-order valence-electron chi connectivity index (χ1n) is 7.63. The number of carbonyl (C=O) groups is 1. The summed E-state index contributed by atoms with van der Waals surface area (Å²) >= 11 is 0. The topological polar surface area (TPSA) is 44.8 Å². The van der Waals surface area contributed by atoms with E-state index in [0.29, 0.717) is 19.6 Å². The maximum absolute atomic E-state index is 11.6. The number of fused-ring (bicyclic) bond motifs is 1. The van der Waals surface area contributed by atoms with E-state index in [1.54, 1.807) is 0 Å². The summed E-state index contributed by atoms with van der Waals surface area (Å²) in [5.74, 6) is -0.0824. The van der Waals surface area contributed by atoms with Gasteiger partial charge in [0.15, 0.2) is 6.29 Å². The molecule has 110 valence electrons. The zero-order valence-electron chi connectivity index (χ0n) is 12.2. The predicted molar refractivity (Wildman–Crippen MR) is 71.7 cm³/mol. The van der Waals surface area contributed by atoms with Gasteiger partial charge < -0.3 is 14.2 Å². The van der Waals surface area contributed by atoms with Crippen LogP contribution >= 0.6 is 0 Å². The van der Waals surface area contributed by atoms with Gasteiger partial charge >= 0.3 is 5.97 Å². The number of rotatable bonds is 6. The molecular formula is C15H26O4. The largest absolute Gasteiger partial charge is 0.466 e. The summed E-state index contributed by atoms with van der Waals surface area (Å²) in [6.07, 6.45) is 7.24. The van der Waals surface area contributed by atoms with Crippen LogP contribution in [-0.4, -0.2) is 31.6 Å². The quantitative estimate of drug-likeness (QED) is 0.696. The van der Waals surface area contributed by atoms with E-state index in [4.69, 9.17) is 14.2 Å². The molecule has 4 nitrogen and oxygen atoms in total. The normalized spacial score (nSPS) is 34.0. The van der Waals surface area contributed by atoms with Gasteiger partial charge in [-0.15, -0.1) is 0 Å². The van der Waals surface area contributed by atoms with Gasteiger partial charge in [-0.3, -0.25) is 4.79 Å². The van der Waals surface area contributed by atoms with Crippen LogP contribution in [-0.2, 0) is 19.0 Å². The van der Waals surface area contributed by atoms with Gasteiger partial charge in [0.2, 0.25) is 0 Å². The fourth-order valence-corrected chi connectivity index (χ4v) is 3.54. The zero-order valence-corrected chi connectivity index (χ0v) is 12.2. The maximum atomic E-state index is 11.6. The number of esters is 1. The molecule has 2 aliphatic rings. The maximum Gasteiger partial charge on any atom is 0.305 e. The number of hydrogen-bond donors (Lipinski definition) is 0. The van der Waals surface area contributed by atoms with Gasteiger partial charge in [-0.1, -0.05) is 12.8 Å². The molecule has 4 heteroatoms. The molecule has 1 unspecified atom stereocenters. The average Bonchev–Trinajstić information content (AvgIpc) is 2.76. The Labute approximate surface area is 115 Å². The lowest BCUT2D eigenvalue weighted by Gasteiger charge is -2.37. The van der Waals surface area contributed by atoms with E-state index in [1.165, 1.54) is 12.8 Å². The Morgan fingerprint density at radius 1 is 1.32 bits per heavy atom. The molecule has 19 heavy (non-hydrogen) atoms. The molecule has 1 saturated heterocycles. The summed E-state index contributed by atoms with van der Waals surface area (Å²) in [7, 11) is 0. The minimum Gasteiger partial charge on any atom is -0.466 e. The molecule has 0 bridgehead atoms. The van der Waals surface area contributed by atoms with Crippen molar-refractivity contribution in [3.8, 4) is 0 Å². The lowest BCUT2D eigenvalue weighted by Crippen LogP contribution is -2.34. The van der Waals surface area contributed by atoms with E-state index < -0.39 is 0 Å². The van der Waals surface area contributed by atoms with Crippen LogP contribution in [0.1, 0.15) is 58.8 Å². The molecule has 1 aliphatic carbocycles. The van der Waals surface area contributed by atoms with Crippen molar-refractivity contribution in [2.24, 2.45) is 5.41 Å². The van der Waals surface area contributed by atoms with E-state index in [9.17, 15) is 4.79 Å². The van der Waals surface area contributed by atoms with Crippen LogP contribution in [0.4, 0.5) is 0 Å². The highest BCUT2D eigenvalue weighted by atomic mass is 16.7. The minimum atomic E-state index is -0.0824. The van der Waals surface area contributed by atoms with Crippen molar-refractivity contribution in [3.63, 3.8) is 0 Å². The Morgan fingerprint density at radius 3 is 2.89 bits per heavy atom. The average molecular weight is 270 g/mol. The van der Waals surface area contributed by atoms with Crippen molar-refractivity contribution in [2.75, 3.05) is 13.2 Å². The molecule has 1 heterocycles. The second-order valence-corrected chi connectivity index (χ2v) is 5.63. The highest BCUT2D eigenvalue weighted by molar-refractivity contribution is 5.69. The third-order valence-corrected chi connectivity index (χ3v) is 4.45. The van der Waals surface area contributed by atoms with Crippen molar-refractivity contribution in [1.82, 2.24) is 0 Å². The van der Waals surface area contributed by atoms with Gasteiger partial charge in [-0.25, -0.2) is 0 Å². The predicted octanol–water partition coefficient (Wildman–Crippen LogP) is 3.04. The summed E-state index contributed by atoms with van der Waals surface area (Å²) in [6.45, 7) is 5.00. The Morgan fingerprint density at radius 2 is 2.16 bits per heavy atom. The van der Waals surface area contributed by atoms with Crippen LogP contribution in [0.2, 0.25) is 0 Å². The molecule has 3 atom stereocenters. The van der Waals surface area contributed by atoms with Crippen LogP contribution in [0.15, 0.2) is 0 Å². The van der Waals surface area contributed by atoms with Gasteiger partial charge in [0.05, 0.1) is 12.7 Å². The molecule has 1 saturated carbocycles. The van der Waals surface area contributed by atoms with Gasteiger partial charge in [-0.2, -0.15) is 0 Å². The van der Waals surface area contributed by atoms with Crippen LogP contribution < -0.4 is 0 Å². The molecule has 0 spiro atoms. The van der Waals surface area contributed by atoms with E-state index >= 15 is 0 Å². The SMILES string of the molecule is CCOC(=O)CC[C@]12CCCC[C@H]1OC(OCC)C2. The second kappa shape index (κ2) is 6.71. The second-order valence-electron chi connectivity index (χ2n) is 5.63. The summed E-state index contributed by atoms with van der Waals surface area (Å²) < 4.78 is 16.7. The summed E-state index contributed by atoms with van der Waals surface area (Å²) in [6, 6.07) is 0. The standard InChI is InChI=1S/C15H26O4/c1-3-17-13(16)8-10-15-9-6-5-7-12(15)19-14(11-15)18-4-2/h12,14H,3-11H2,1-2H3/t12-,14?,15+/m1/s1. The van der Waals surface area contributed by atoms with Crippen LogP contribution in [0.25, 0.3) is 0 Å². The summed E-state index contributed by atoms with van der Waals surface area (Å²) in [5, 5.41) is 0. The first-order chi connectivity index (χ1) is 9.20. The Balaban J connectivity index is 1.94. The van der Waals surface area contributed by atoms with Gasteiger partial charge in [0.25, 0.3) is 0 Å². The first-order valence-corrected chi connectivity index (χ1v) is 7.63. The van der Waals surface area contributed by atoms with Crippen molar-refractivity contribution in [1.29, 1.82) is 0 Å². The molecule has 2 fully saturated rings. The van der Waals surface area contributed by atoms with E-state index in [1.807, 2.05) is 13.8 Å². The molecular weight excluding hydrogens is 244 g/mol. The first kappa shape index (κ1) is 14.8. The monoisotopic (exact) mass is 270 g/mol. The molecule has 0 N–H and O–H groups in total. The Hall–Kier alpha value is -0.610. The molecule has 2 rings (SSSR count). The molecule has 0 aromatic heterocycles. The fourth-order valence-electron chi connectivity index (χ4n) is 3.54. The molecule has 0 radical (unpaired) electrons. The number of hydrogen-bond acceptors (Lipinski definition) is 4. The minimum absolute atomic E-state index is 0.0738. The van der Waals surface area contributed by atoms with Crippen LogP contribution in [0.5, 0.6) is 0 Å². The smallest absolute Gasteiger partial charge is 0.305 e. The van der Waals surface area contributed by atoms with Crippen molar-refractivity contribution in [3.05, 3.63) is 0 Å². The number of ether oxygens (including phenoxy) is 3. The van der Waals surface area contributed by atoms with Crippen LogP contribution in [0, 0.1) is 5.41 Å². The van der Waals surface area contributed by atoms with Gasteiger partial charge in [0.1, 0.15) is 0 Å². The zero-order chi connectivity index (χ0) is 13.7. The highest BCUT2D eigenvalue weighted by Gasteiger charge is 2.49. The van der Waals surface area contributed by atoms with Crippen LogP contribution in [0.3, 0.4) is 0 Å². The summed E-state index contributed by atoms with van der Waals surface area (Å²) in [5.41, 5.74) is 0.144. The third-order valence-electron chi connectivity index (χ3n) is 4.45. The molecule has 0 amide bonds. The van der Waals surface area contributed by atoms with E-state index in [-0.39, 0.29) is 23.8 Å². The Kier molecular flexibility index (Phi) is 5.22. The highest BCUT2D eigenvalue weighted by Crippen LogP contribution is 2.51. The van der Waals surface area contributed by atoms with Gasteiger partial charge in [0, 0.05) is 24.9 Å². The van der Waals surface area contributed by atoms with Gasteiger partial charge in [-0.05, 0) is 33.1 Å². The third kappa shape index (κ3) is 3.48. The fraction of sp³-hybridized carbons (Fsp3) is 0.933. The van der Waals surface area contributed by atoms with E-state index in [2.05, 4.69) is 0 Å². The van der Waals surface area contributed by atoms with E-state index in [0.717, 1.165) is 25.7 Å². The Bertz CT molecular complexity index is 305.